The number of aryl methyl sites for hydroxylation is 1. The largest absolute Gasteiger partial charge is 0.397 e. The molecule has 4 nitrogen and oxygen atoms in total. The van der Waals surface area contributed by atoms with Crippen LogP contribution in [0, 0.1) is 6.92 Å². The van der Waals surface area contributed by atoms with Crippen LogP contribution in [0.25, 0.3) is 17.1 Å². The van der Waals surface area contributed by atoms with Crippen molar-refractivity contribution in [1.29, 1.82) is 0 Å². The number of nitrogen functional groups attached to an aromatic ring is 1. The molecule has 0 aliphatic carbocycles. The van der Waals surface area contributed by atoms with Gasteiger partial charge in [0, 0.05) is 5.69 Å². The van der Waals surface area contributed by atoms with Gasteiger partial charge in [-0.25, -0.2) is 0 Å². The molecule has 0 spiro atoms. The van der Waals surface area contributed by atoms with E-state index in [4.69, 9.17) is 28.9 Å². The molecule has 0 aliphatic heterocycles. The van der Waals surface area contributed by atoms with Crippen LogP contribution >= 0.6 is 23.2 Å². The van der Waals surface area contributed by atoms with Crippen LogP contribution in [0.4, 0.5) is 5.69 Å². The lowest BCUT2D eigenvalue weighted by atomic mass is 10.1. The summed E-state index contributed by atoms with van der Waals surface area (Å²) in [4.78, 5) is 0. The molecule has 21 heavy (non-hydrogen) atoms. The van der Waals surface area contributed by atoms with Gasteiger partial charge in [0.15, 0.2) is 5.82 Å². The van der Waals surface area contributed by atoms with E-state index in [0.29, 0.717) is 27.1 Å². The molecule has 2 N–H and O–H groups in total. The molecule has 0 fully saturated rings. The maximum Gasteiger partial charge on any atom is 0.172 e. The van der Waals surface area contributed by atoms with Crippen LogP contribution in [0.15, 0.2) is 42.5 Å². The van der Waals surface area contributed by atoms with E-state index >= 15 is 0 Å². The van der Waals surface area contributed by atoms with E-state index in [9.17, 15) is 0 Å². The summed E-state index contributed by atoms with van der Waals surface area (Å²) in [5.41, 5.74) is 8.00. The molecule has 106 valence electrons. The van der Waals surface area contributed by atoms with Crippen molar-refractivity contribution >= 4 is 28.9 Å². The van der Waals surface area contributed by atoms with Gasteiger partial charge in [0.2, 0.25) is 0 Å². The van der Waals surface area contributed by atoms with E-state index in [1.165, 1.54) is 0 Å². The molecule has 1 aromatic heterocycles. The quantitative estimate of drug-likeness (QED) is 0.723. The van der Waals surface area contributed by atoms with Gasteiger partial charge in [-0.1, -0.05) is 41.4 Å². The van der Waals surface area contributed by atoms with E-state index in [0.717, 1.165) is 11.5 Å². The topological polar surface area (TPSA) is 56.7 Å². The third-order valence-corrected chi connectivity index (χ3v) is 3.85. The molecule has 0 unspecified atom stereocenters. The minimum Gasteiger partial charge on any atom is -0.397 e. The summed E-state index contributed by atoms with van der Waals surface area (Å²) in [5.74, 6) is 1.32. The molecule has 0 bridgehead atoms. The molecule has 0 radical (unpaired) electrons. The van der Waals surface area contributed by atoms with Crippen molar-refractivity contribution in [3.05, 3.63) is 58.3 Å². The monoisotopic (exact) mass is 318 g/mol. The number of hydrogen-bond donors (Lipinski definition) is 1. The van der Waals surface area contributed by atoms with Crippen LogP contribution in [-0.4, -0.2) is 14.8 Å². The Labute approximate surface area is 132 Å². The molecule has 2 aromatic carbocycles. The highest BCUT2D eigenvalue weighted by Gasteiger charge is 2.19. The zero-order valence-corrected chi connectivity index (χ0v) is 12.7. The first-order valence-electron chi connectivity index (χ1n) is 6.31. The third-order valence-electron chi connectivity index (χ3n) is 3.20. The maximum absolute atomic E-state index is 6.28. The van der Waals surface area contributed by atoms with E-state index < -0.39 is 0 Å². The van der Waals surface area contributed by atoms with Crippen LogP contribution < -0.4 is 5.73 Å². The predicted molar refractivity (Wildman–Crippen MR) is 86.0 cm³/mol. The fourth-order valence-corrected chi connectivity index (χ4v) is 2.61. The molecule has 0 atom stereocenters. The highest BCUT2D eigenvalue weighted by Crippen LogP contribution is 2.37. The number of nitrogens with zero attached hydrogens (tertiary/aromatic N) is 3. The third kappa shape index (κ3) is 2.37. The standard InChI is InChI=1S/C15H12Cl2N4/c1-9-19-20-15(21(9)10-5-3-2-4-6-10)13-11(16)7-8-12(17)14(13)18/h2-8H,18H2,1H3. The first kappa shape index (κ1) is 13.9. The Balaban J connectivity index is 2.30. The average molecular weight is 319 g/mol. The minimum absolute atomic E-state index is 0.397. The summed E-state index contributed by atoms with van der Waals surface area (Å²) in [5, 5.41) is 9.28. The summed E-state index contributed by atoms with van der Waals surface area (Å²) >= 11 is 12.4. The van der Waals surface area contributed by atoms with Gasteiger partial charge in [0.05, 0.1) is 21.3 Å². The fraction of sp³-hybridized carbons (Fsp3) is 0.0667. The zero-order valence-electron chi connectivity index (χ0n) is 11.2. The summed E-state index contributed by atoms with van der Waals surface area (Å²) in [6, 6.07) is 13.1. The smallest absolute Gasteiger partial charge is 0.172 e. The summed E-state index contributed by atoms with van der Waals surface area (Å²) < 4.78 is 1.90. The molecule has 0 saturated carbocycles. The lowest BCUT2D eigenvalue weighted by Gasteiger charge is -2.12. The normalized spacial score (nSPS) is 10.8. The molecule has 3 rings (SSSR count). The van der Waals surface area contributed by atoms with E-state index in [-0.39, 0.29) is 0 Å². The van der Waals surface area contributed by atoms with Gasteiger partial charge >= 0.3 is 0 Å². The van der Waals surface area contributed by atoms with Crippen molar-refractivity contribution in [2.75, 3.05) is 5.73 Å². The Hall–Kier alpha value is -2.04. The number of aromatic nitrogens is 3. The molecular weight excluding hydrogens is 307 g/mol. The van der Waals surface area contributed by atoms with Gasteiger partial charge in [-0.05, 0) is 31.2 Å². The number of para-hydroxylation sites is 1. The molecule has 1 heterocycles. The first-order valence-corrected chi connectivity index (χ1v) is 7.06. The number of benzene rings is 2. The highest BCUT2D eigenvalue weighted by molar-refractivity contribution is 6.37. The lowest BCUT2D eigenvalue weighted by molar-refractivity contribution is 0.972. The minimum atomic E-state index is 0.397. The second kappa shape index (κ2) is 5.39. The van der Waals surface area contributed by atoms with Crippen LogP contribution in [0.5, 0.6) is 0 Å². The van der Waals surface area contributed by atoms with Gasteiger partial charge in [-0.3, -0.25) is 4.57 Å². The Morgan fingerprint density at radius 1 is 0.952 bits per heavy atom. The molecule has 6 heteroatoms. The number of nitrogens with two attached hydrogens (primary N) is 1. The van der Waals surface area contributed by atoms with Gasteiger partial charge in [0.25, 0.3) is 0 Å². The number of anilines is 1. The van der Waals surface area contributed by atoms with E-state index in [1.54, 1.807) is 12.1 Å². The number of rotatable bonds is 2. The van der Waals surface area contributed by atoms with Crippen molar-refractivity contribution in [2.45, 2.75) is 6.92 Å². The second-order valence-electron chi connectivity index (χ2n) is 4.56. The first-order chi connectivity index (χ1) is 10.1. The van der Waals surface area contributed by atoms with Crippen molar-refractivity contribution in [3.8, 4) is 17.1 Å². The van der Waals surface area contributed by atoms with Gasteiger partial charge < -0.3 is 5.73 Å². The second-order valence-corrected chi connectivity index (χ2v) is 5.37. The van der Waals surface area contributed by atoms with Crippen LogP contribution in [0.1, 0.15) is 5.82 Å². The fourth-order valence-electron chi connectivity index (χ4n) is 2.21. The van der Waals surface area contributed by atoms with Crippen molar-refractivity contribution in [2.24, 2.45) is 0 Å². The zero-order chi connectivity index (χ0) is 15.0. The van der Waals surface area contributed by atoms with Crippen molar-refractivity contribution < 1.29 is 0 Å². The molecule has 3 aromatic rings. The number of hydrogen-bond acceptors (Lipinski definition) is 3. The van der Waals surface area contributed by atoms with Gasteiger partial charge in [0.1, 0.15) is 5.82 Å². The van der Waals surface area contributed by atoms with Crippen LogP contribution in [0.3, 0.4) is 0 Å². The molecular formula is C15H12Cl2N4. The van der Waals surface area contributed by atoms with Crippen LogP contribution in [0.2, 0.25) is 10.0 Å². The Kier molecular flexibility index (Phi) is 3.57. The SMILES string of the molecule is Cc1nnc(-c2c(Cl)ccc(Cl)c2N)n1-c1ccccc1. The average Bonchev–Trinajstić information content (AvgIpc) is 2.86. The number of halogens is 2. The molecule has 0 saturated heterocycles. The Morgan fingerprint density at radius 2 is 1.62 bits per heavy atom. The summed E-state index contributed by atoms with van der Waals surface area (Å²) in [6.45, 7) is 1.87. The van der Waals surface area contributed by atoms with Gasteiger partial charge in [-0.15, -0.1) is 10.2 Å². The predicted octanol–water partition coefficient (Wildman–Crippen LogP) is 4.13. The Morgan fingerprint density at radius 3 is 2.33 bits per heavy atom. The maximum atomic E-state index is 6.28. The highest BCUT2D eigenvalue weighted by atomic mass is 35.5. The van der Waals surface area contributed by atoms with Crippen LogP contribution in [-0.2, 0) is 0 Å². The van der Waals surface area contributed by atoms with Gasteiger partial charge in [-0.2, -0.15) is 0 Å². The lowest BCUT2D eigenvalue weighted by Crippen LogP contribution is -2.02. The Bertz CT molecular complexity index is 797. The van der Waals surface area contributed by atoms with Crippen molar-refractivity contribution in [1.82, 2.24) is 14.8 Å². The van der Waals surface area contributed by atoms with Crippen molar-refractivity contribution in [3.63, 3.8) is 0 Å². The summed E-state index contributed by atoms with van der Waals surface area (Å²) in [6.07, 6.45) is 0. The van der Waals surface area contributed by atoms with E-state index in [2.05, 4.69) is 10.2 Å². The summed E-state index contributed by atoms with van der Waals surface area (Å²) in [7, 11) is 0. The van der Waals surface area contributed by atoms with E-state index in [1.807, 2.05) is 41.8 Å². The molecule has 0 amide bonds. The molecule has 0 aliphatic rings.